The highest BCUT2D eigenvalue weighted by atomic mass is 16.5. The van der Waals surface area contributed by atoms with Crippen LogP contribution in [0.15, 0.2) is 78.9 Å². The smallest absolute Gasteiger partial charge is 0.295 e. The quantitative estimate of drug-likeness (QED) is 0.335. The van der Waals surface area contributed by atoms with Gasteiger partial charge in [0.05, 0.1) is 18.2 Å². The van der Waals surface area contributed by atoms with E-state index >= 15 is 0 Å². The molecule has 1 aliphatic heterocycles. The lowest BCUT2D eigenvalue weighted by molar-refractivity contribution is -0.140. The summed E-state index contributed by atoms with van der Waals surface area (Å²) in [6.45, 7) is 4.87. The van der Waals surface area contributed by atoms with Gasteiger partial charge in [0.25, 0.3) is 11.7 Å². The Balaban J connectivity index is 1.74. The van der Waals surface area contributed by atoms with Gasteiger partial charge in [-0.25, -0.2) is 0 Å². The van der Waals surface area contributed by atoms with Crippen LogP contribution >= 0.6 is 0 Å². The van der Waals surface area contributed by atoms with Crippen LogP contribution in [0.4, 0.5) is 0 Å². The summed E-state index contributed by atoms with van der Waals surface area (Å²) < 4.78 is 5.70. The van der Waals surface area contributed by atoms with E-state index in [2.05, 4.69) is 23.8 Å². The van der Waals surface area contributed by atoms with E-state index in [0.717, 1.165) is 5.56 Å². The molecule has 2 aromatic heterocycles. The van der Waals surface area contributed by atoms with Gasteiger partial charge in [-0.2, -0.15) is 0 Å². The first-order chi connectivity index (χ1) is 16.0. The second-order valence-electron chi connectivity index (χ2n) is 8.30. The first-order valence-electron chi connectivity index (χ1n) is 10.8. The summed E-state index contributed by atoms with van der Waals surface area (Å²) >= 11 is 0. The standard InChI is InChI=1S/C26H25N3O4/c1-17(2)16-33-21-9-7-19(8-10-21)24(30)22-23(20-6-4-12-28-14-20)29(26(32)25(22)31)15-18-5-3-11-27-13-18/h3-14,17,23,30H,15-16H2,1-2H3/b24-22-. The van der Waals surface area contributed by atoms with Crippen molar-refractivity contribution in [3.63, 3.8) is 0 Å². The number of carbonyl (C=O) groups excluding carboxylic acids is 2. The van der Waals surface area contributed by atoms with Gasteiger partial charge in [-0.05, 0) is 53.4 Å². The Morgan fingerprint density at radius 3 is 2.33 bits per heavy atom. The van der Waals surface area contributed by atoms with E-state index in [1.807, 2.05) is 6.07 Å². The summed E-state index contributed by atoms with van der Waals surface area (Å²) in [6.07, 6.45) is 6.51. The Bertz CT molecular complexity index is 1160. The molecule has 1 fully saturated rings. The van der Waals surface area contributed by atoms with Crippen LogP contribution in [0.25, 0.3) is 5.76 Å². The van der Waals surface area contributed by atoms with Crippen LogP contribution in [0.5, 0.6) is 5.75 Å². The second-order valence-corrected chi connectivity index (χ2v) is 8.30. The van der Waals surface area contributed by atoms with E-state index in [0.29, 0.717) is 29.4 Å². The van der Waals surface area contributed by atoms with E-state index in [9.17, 15) is 14.7 Å². The van der Waals surface area contributed by atoms with Crippen molar-refractivity contribution in [2.24, 2.45) is 5.92 Å². The normalized spacial score (nSPS) is 17.5. The highest BCUT2D eigenvalue weighted by Crippen LogP contribution is 2.40. The minimum Gasteiger partial charge on any atom is -0.507 e. The number of amides is 1. The number of aliphatic hydroxyl groups excluding tert-OH is 1. The van der Waals surface area contributed by atoms with E-state index in [1.54, 1.807) is 67.3 Å². The van der Waals surface area contributed by atoms with Gasteiger partial charge >= 0.3 is 0 Å². The Labute approximate surface area is 192 Å². The maximum Gasteiger partial charge on any atom is 0.295 e. The number of nitrogens with zero attached hydrogens (tertiary/aromatic N) is 3. The van der Waals surface area contributed by atoms with Crippen LogP contribution in [-0.4, -0.2) is 38.3 Å². The van der Waals surface area contributed by atoms with Crippen molar-refractivity contribution in [2.75, 3.05) is 6.61 Å². The van der Waals surface area contributed by atoms with Gasteiger partial charge in [0.15, 0.2) is 0 Å². The van der Waals surface area contributed by atoms with Crippen molar-refractivity contribution < 1.29 is 19.4 Å². The number of aromatic nitrogens is 2. The lowest BCUT2D eigenvalue weighted by atomic mass is 9.96. The zero-order valence-electron chi connectivity index (χ0n) is 18.5. The van der Waals surface area contributed by atoms with E-state index in [-0.39, 0.29) is 17.9 Å². The topological polar surface area (TPSA) is 92.6 Å². The maximum atomic E-state index is 13.1. The molecule has 7 heteroatoms. The Hall–Kier alpha value is -4.00. The molecule has 0 radical (unpaired) electrons. The van der Waals surface area contributed by atoms with Crippen molar-refractivity contribution >= 4 is 17.4 Å². The van der Waals surface area contributed by atoms with E-state index in [4.69, 9.17) is 4.74 Å². The number of likely N-dealkylation sites (tertiary alicyclic amines) is 1. The van der Waals surface area contributed by atoms with Gasteiger partial charge in [0.2, 0.25) is 0 Å². The molecule has 0 aliphatic carbocycles. The number of ether oxygens (including phenoxy) is 1. The zero-order chi connectivity index (χ0) is 23.4. The largest absolute Gasteiger partial charge is 0.507 e. The average Bonchev–Trinajstić information content (AvgIpc) is 3.09. The molecule has 33 heavy (non-hydrogen) atoms. The van der Waals surface area contributed by atoms with Gasteiger partial charge in [-0.15, -0.1) is 0 Å². The predicted molar refractivity (Wildman–Crippen MR) is 123 cm³/mol. The molecule has 1 atom stereocenters. The molecule has 4 rings (SSSR count). The average molecular weight is 444 g/mol. The molecule has 1 saturated heterocycles. The van der Waals surface area contributed by atoms with Crippen LogP contribution in [-0.2, 0) is 16.1 Å². The molecule has 7 nitrogen and oxygen atoms in total. The minimum absolute atomic E-state index is 0.0349. The molecule has 0 bridgehead atoms. The molecule has 1 unspecified atom stereocenters. The number of hydrogen-bond acceptors (Lipinski definition) is 6. The number of ketones is 1. The molecule has 1 aliphatic rings. The maximum absolute atomic E-state index is 13.1. The fourth-order valence-corrected chi connectivity index (χ4v) is 3.74. The third kappa shape index (κ3) is 4.77. The number of aliphatic hydroxyl groups is 1. The van der Waals surface area contributed by atoms with Gasteiger partial charge < -0.3 is 14.7 Å². The Morgan fingerprint density at radius 2 is 1.73 bits per heavy atom. The number of hydrogen-bond donors (Lipinski definition) is 1. The van der Waals surface area contributed by atoms with Crippen molar-refractivity contribution in [1.82, 2.24) is 14.9 Å². The molecule has 3 heterocycles. The minimum atomic E-state index is -0.768. The fourth-order valence-electron chi connectivity index (χ4n) is 3.74. The lowest BCUT2D eigenvalue weighted by Crippen LogP contribution is -2.29. The molecule has 168 valence electrons. The van der Waals surface area contributed by atoms with Crippen molar-refractivity contribution in [1.29, 1.82) is 0 Å². The summed E-state index contributed by atoms with van der Waals surface area (Å²) in [7, 11) is 0. The van der Waals surface area contributed by atoms with E-state index in [1.165, 1.54) is 4.90 Å². The molecule has 0 spiro atoms. The van der Waals surface area contributed by atoms with Crippen molar-refractivity contribution in [3.05, 3.63) is 95.6 Å². The first kappa shape index (κ1) is 22.2. The third-order valence-electron chi connectivity index (χ3n) is 5.33. The van der Waals surface area contributed by atoms with Crippen LogP contribution in [0.2, 0.25) is 0 Å². The van der Waals surface area contributed by atoms with Crippen molar-refractivity contribution in [2.45, 2.75) is 26.4 Å². The summed E-state index contributed by atoms with van der Waals surface area (Å²) in [6, 6.07) is 13.2. The monoisotopic (exact) mass is 443 g/mol. The summed E-state index contributed by atoms with van der Waals surface area (Å²) in [4.78, 5) is 35.8. The summed E-state index contributed by atoms with van der Waals surface area (Å²) in [5, 5.41) is 11.1. The second kappa shape index (κ2) is 9.65. The molecule has 1 aromatic carbocycles. The van der Waals surface area contributed by atoms with Gasteiger partial charge in [-0.1, -0.05) is 26.0 Å². The summed E-state index contributed by atoms with van der Waals surface area (Å²) in [5.41, 5.74) is 1.88. The number of rotatable bonds is 7. The van der Waals surface area contributed by atoms with Gasteiger partial charge in [0.1, 0.15) is 11.5 Å². The Morgan fingerprint density at radius 1 is 1.03 bits per heavy atom. The van der Waals surface area contributed by atoms with Gasteiger partial charge in [-0.3, -0.25) is 19.6 Å². The van der Waals surface area contributed by atoms with Gasteiger partial charge in [0, 0.05) is 36.9 Å². The van der Waals surface area contributed by atoms with Crippen LogP contribution in [0, 0.1) is 5.92 Å². The number of Topliss-reactive ketones (excluding diaryl/α,β-unsaturated/α-hetero) is 1. The number of benzene rings is 1. The molecular formula is C26H25N3O4. The zero-order valence-corrected chi connectivity index (χ0v) is 18.5. The van der Waals surface area contributed by atoms with Crippen LogP contribution in [0.1, 0.15) is 36.6 Å². The van der Waals surface area contributed by atoms with E-state index < -0.39 is 17.7 Å². The molecular weight excluding hydrogens is 418 g/mol. The van der Waals surface area contributed by atoms with Crippen LogP contribution in [0.3, 0.4) is 0 Å². The number of pyridine rings is 2. The first-order valence-corrected chi connectivity index (χ1v) is 10.8. The van der Waals surface area contributed by atoms with Crippen LogP contribution < -0.4 is 4.74 Å². The highest BCUT2D eigenvalue weighted by molar-refractivity contribution is 6.46. The SMILES string of the molecule is CC(C)COc1ccc(/C(O)=C2/C(=O)C(=O)N(Cc3cccnc3)C2c2cccnc2)cc1. The summed E-state index contributed by atoms with van der Waals surface area (Å²) in [5.74, 6) is -0.586. The molecule has 3 aromatic rings. The Kier molecular flexibility index (Phi) is 6.49. The van der Waals surface area contributed by atoms with Crippen molar-refractivity contribution in [3.8, 4) is 5.75 Å². The fraction of sp³-hybridized carbons (Fsp3) is 0.231. The molecule has 0 saturated carbocycles. The molecule has 1 N–H and O–H groups in total. The lowest BCUT2D eigenvalue weighted by Gasteiger charge is -2.25. The highest BCUT2D eigenvalue weighted by Gasteiger charge is 2.46. The third-order valence-corrected chi connectivity index (χ3v) is 5.33. The molecule has 1 amide bonds. The predicted octanol–water partition coefficient (Wildman–Crippen LogP) is 4.13. The number of carbonyl (C=O) groups is 2.